The van der Waals surface area contributed by atoms with Gasteiger partial charge in [0.25, 0.3) is 5.91 Å². The molecule has 3 aromatic rings. The molecule has 1 aliphatic rings. The van der Waals surface area contributed by atoms with Gasteiger partial charge in [-0.25, -0.2) is 0 Å². The molecule has 1 aliphatic heterocycles. The first-order chi connectivity index (χ1) is 12.5. The molecule has 0 spiro atoms. The second-order valence-corrected chi connectivity index (χ2v) is 6.22. The molecule has 0 atom stereocenters. The lowest BCUT2D eigenvalue weighted by Gasteiger charge is -2.10. The Kier molecular flexibility index (Phi) is 3.77. The maximum atomic E-state index is 12.8. The van der Waals surface area contributed by atoms with E-state index in [1.807, 2.05) is 43.3 Å². The van der Waals surface area contributed by atoms with Crippen LogP contribution >= 0.6 is 0 Å². The third kappa shape index (κ3) is 2.63. The highest BCUT2D eigenvalue weighted by atomic mass is 16.3. The first-order valence-electron chi connectivity index (χ1n) is 8.23. The van der Waals surface area contributed by atoms with Crippen molar-refractivity contribution in [1.29, 1.82) is 0 Å². The van der Waals surface area contributed by atoms with Gasteiger partial charge >= 0.3 is 0 Å². The predicted molar refractivity (Wildman–Crippen MR) is 102 cm³/mol. The quantitative estimate of drug-likeness (QED) is 0.662. The molecule has 2 aromatic carbocycles. The van der Waals surface area contributed by atoms with E-state index in [4.69, 9.17) is 4.42 Å². The fraction of sp³-hybridized carbons (Fsp3) is 0.0952. The number of nitrogens with zero attached hydrogens (tertiary/aromatic N) is 2. The third-order valence-corrected chi connectivity index (χ3v) is 4.32. The van der Waals surface area contributed by atoms with E-state index in [0.717, 1.165) is 5.56 Å². The molecular weight excluding hydrogens is 328 g/mol. The molecule has 0 unspecified atom stereocenters. The first-order valence-corrected chi connectivity index (χ1v) is 8.23. The second-order valence-electron chi connectivity index (χ2n) is 6.22. The van der Waals surface area contributed by atoms with Crippen LogP contribution in [0.25, 0.3) is 17.0 Å². The molecule has 4 rings (SSSR count). The van der Waals surface area contributed by atoms with E-state index in [2.05, 4.69) is 5.10 Å². The topological polar surface area (TPSA) is 62.9 Å². The SMILES string of the molecule is CC1=NN(c2ccccc2)C(=O)/C1=C\c1coc2ccc(C)cc2c1=O. The molecule has 128 valence electrons. The minimum atomic E-state index is -0.266. The van der Waals surface area contributed by atoms with Crippen LogP contribution in [-0.2, 0) is 4.79 Å². The largest absolute Gasteiger partial charge is 0.463 e. The highest BCUT2D eigenvalue weighted by Gasteiger charge is 2.28. The number of fused-ring (bicyclic) bond motifs is 1. The summed E-state index contributed by atoms with van der Waals surface area (Å²) in [4.78, 5) is 25.5. The number of carbonyl (C=O) groups excluding carboxylic acids is 1. The van der Waals surface area contributed by atoms with E-state index >= 15 is 0 Å². The number of carbonyl (C=O) groups is 1. The molecule has 0 fully saturated rings. The number of hydrogen-bond donors (Lipinski definition) is 0. The molecule has 0 saturated carbocycles. The van der Waals surface area contributed by atoms with Gasteiger partial charge in [-0.15, -0.1) is 0 Å². The summed E-state index contributed by atoms with van der Waals surface area (Å²) in [5, 5.41) is 6.16. The fourth-order valence-electron chi connectivity index (χ4n) is 2.94. The normalized spacial score (nSPS) is 15.8. The second kappa shape index (κ2) is 6.11. The Morgan fingerprint density at radius 1 is 1.04 bits per heavy atom. The van der Waals surface area contributed by atoms with Crippen LogP contribution in [0.1, 0.15) is 18.1 Å². The van der Waals surface area contributed by atoms with Crippen molar-refractivity contribution in [2.24, 2.45) is 5.10 Å². The zero-order chi connectivity index (χ0) is 18.3. The molecule has 0 aliphatic carbocycles. The van der Waals surface area contributed by atoms with E-state index in [9.17, 15) is 9.59 Å². The van der Waals surface area contributed by atoms with Crippen LogP contribution in [0.4, 0.5) is 5.69 Å². The monoisotopic (exact) mass is 344 g/mol. The Morgan fingerprint density at radius 3 is 2.58 bits per heavy atom. The van der Waals surface area contributed by atoms with Gasteiger partial charge in [0.05, 0.1) is 27.9 Å². The van der Waals surface area contributed by atoms with Crippen molar-refractivity contribution in [3.8, 4) is 0 Å². The highest BCUT2D eigenvalue weighted by molar-refractivity contribution is 6.32. The van der Waals surface area contributed by atoms with Crippen molar-refractivity contribution in [3.05, 3.63) is 81.7 Å². The average Bonchev–Trinajstić information content (AvgIpc) is 2.93. The van der Waals surface area contributed by atoms with Crippen molar-refractivity contribution in [1.82, 2.24) is 0 Å². The Morgan fingerprint density at radius 2 is 1.81 bits per heavy atom. The summed E-state index contributed by atoms with van der Waals surface area (Å²) in [5.41, 5.74) is 3.28. The smallest absolute Gasteiger partial charge is 0.280 e. The van der Waals surface area contributed by atoms with Crippen molar-refractivity contribution in [2.75, 3.05) is 5.01 Å². The number of para-hydroxylation sites is 1. The van der Waals surface area contributed by atoms with Gasteiger partial charge in [-0.3, -0.25) is 9.59 Å². The molecule has 26 heavy (non-hydrogen) atoms. The predicted octanol–water partition coefficient (Wildman–Crippen LogP) is 3.91. The van der Waals surface area contributed by atoms with Crippen LogP contribution in [0.2, 0.25) is 0 Å². The van der Waals surface area contributed by atoms with Crippen LogP contribution in [0, 0.1) is 6.92 Å². The number of aryl methyl sites for hydroxylation is 1. The van der Waals surface area contributed by atoms with E-state index in [-0.39, 0.29) is 11.3 Å². The van der Waals surface area contributed by atoms with Gasteiger partial charge in [-0.2, -0.15) is 10.1 Å². The van der Waals surface area contributed by atoms with Crippen LogP contribution < -0.4 is 10.4 Å². The maximum Gasteiger partial charge on any atom is 0.280 e. The van der Waals surface area contributed by atoms with Gasteiger partial charge in [0.2, 0.25) is 0 Å². The number of hydrogen-bond acceptors (Lipinski definition) is 4. The summed E-state index contributed by atoms with van der Waals surface area (Å²) in [6, 6.07) is 14.6. The molecule has 1 amide bonds. The van der Waals surface area contributed by atoms with Gasteiger partial charge in [0, 0.05) is 0 Å². The fourth-order valence-corrected chi connectivity index (χ4v) is 2.94. The molecule has 5 heteroatoms. The standard InChI is InChI=1S/C21H16N2O3/c1-13-8-9-19-18(10-13)20(24)15(12-26-19)11-17-14(2)22-23(21(17)25)16-6-4-3-5-7-16/h3-12H,1-2H3/b17-11-. The number of benzene rings is 2. The minimum Gasteiger partial charge on any atom is -0.463 e. The van der Waals surface area contributed by atoms with Crippen LogP contribution in [-0.4, -0.2) is 11.6 Å². The zero-order valence-electron chi connectivity index (χ0n) is 14.4. The van der Waals surface area contributed by atoms with Crippen LogP contribution in [0.15, 0.2) is 74.7 Å². The average molecular weight is 344 g/mol. The number of anilines is 1. The number of amides is 1. The minimum absolute atomic E-state index is 0.166. The van der Waals surface area contributed by atoms with Crippen molar-refractivity contribution < 1.29 is 9.21 Å². The molecule has 2 heterocycles. The van der Waals surface area contributed by atoms with E-state index in [1.54, 1.807) is 25.1 Å². The Balaban J connectivity index is 1.79. The molecule has 1 aromatic heterocycles. The lowest BCUT2D eigenvalue weighted by molar-refractivity contribution is -0.114. The summed E-state index contributed by atoms with van der Waals surface area (Å²) < 4.78 is 5.56. The van der Waals surface area contributed by atoms with Crippen molar-refractivity contribution in [3.63, 3.8) is 0 Å². The molecule has 0 bridgehead atoms. The molecule has 0 radical (unpaired) electrons. The lowest BCUT2D eigenvalue weighted by Crippen LogP contribution is -2.21. The first kappa shape index (κ1) is 16.0. The zero-order valence-corrected chi connectivity index (χ0v) is 14.4. The summed E-state index contributed by atoms with van der Waals surface area (Å²) in [5.74, 6) is -0.266. The van der Waals surface area contributed by atoms with E-state index in [0.29, 0.717) is 33.5 Å². The Hall–Kier alpha value is -3.47. The highest BCUT2D eigenvalue weighted by Crippen LogP contribution is 2.24. The van der Waals surface area contributed by atoms with Gasteiger partial charge in [0.1, 0.15) is 11.8 Å². The van der Waals surface area contributed by atoms with Gasteiger partial charge in [-0.1, -0.05) is 29.8 Å². The molecule has 0 saturated heterocycles. The number of rotatable bonds is 2. The Bertz CT molecular complexity index is 1140. The third-order valence-electron chi connectivity index (χ3n) is 4.32. The Labute approximate surface area is 149 Å². The molecule has 0 N–H and O–H groups in total. The van der Waals surface area contributed by atoms with Gasteiger partial charge < -0.3 is 4.42 Å². The van der Waals surface area contributed by atoms with Crippen LogP contribution in [0.5, 0.6) is 0 Å². The molecular formula is C21H16N2O3. The van der Waals surface area contributed by atoms with Gasteiger partial charge in [0.15, 0.2) is 5.43 Å². The van der Waals surface area contributed by atoms with Crippen molar-refractivity contribution in [2.45, 2.75) is 13.8 Å². The summed E-state index contributed by atoms with van der Waals surface area (Å²) in [6.45, 7) is 3.67. The van der Waals surface area contributed by atoms with E-state index < -0.39 is 0 Å². The van der Waals surface area contributed by atoms with Crippen molar-refractivity contribution >= 4 is 34.4 Å². The number of hydrazone groups is 1. The molecule has 5 nitrogen and oxygen atoms in total. The van der Waals surface area contributed by atoms with Gasteiger partial charge in [-0.05, 0) is 44.2 Å². The van der Waals surface area contributed by atoms with Crippen LogP contribution in [0.3, 0.4) is 0 Å². The summed E-state index contributed by atoms with van der Waals surface area (Å²) in [6.07, 6.45) is 2.94. The van der Waals surface area contributed by atoms with E-state index in [1.165, 1.54) is 11.3 Å². The maximum absolute atomic E-state index is 12.8. The summed E-state index contributed by atoms with van der Waals surface area (Å²) >= 11 is 0. The lowest BCUT2D eigenvalue weighted by atomic mass is 10.1. The summed E-state index contributed by atoms with van der Waals surface area (Å²) in [7, 11) is 0.